The number of imidazole rings is 1. The van der Waals surface area contributed by atoms with E-state index in [4.69, 9.17) is 5.26 Å². The van der Waals surface area contributed by atoms with Crippen molar-refractivity contribution in [2.75, 3.05) is 0 Å². The number of carbonyl (C=O) groups excluding carboxylic acids is 1. The third kappa shape index (κ3) is 1.81. The highest BCUT2D eigenvalue weighted by atomic mass is 19.1. The van der Waals surface area contributed by atoms with Gasteiger partial charge in [0.1, 0.15) is 23.4 Å². The largest absolute Gasteiger partial charge is 0.321 e. The van der Waals surface area contributed by atoms with Crippen LogP contribution in [0.3, 0.4) is 0 Å². The van der Waals surface area contributed by atoms with Gasteiger partial charge in [0.15, 0.2) is 5.78 Å². The normalized spacial score (nSPS) is 13.9. The van der Waals surface area contributed by atoms with Gasteiger partial charge in [0.05, 0.1) is 11.3 Å². The molecule has 0 amide bonds. The maximum Gasteiger partial charge on any atom is 0.181 e. The van der Waals surface area contributed by atoms with Crippen LogP contribution in [0.5, 0.6) is 0 Å². The molecule has 1 aliphatic rings. The highest BCUT2D eigenvalue weighted by molar-refractivity contribution is 5.97. The summed E-state index contributed by atoms with van der Waals surface area (Å²) in [6, 6.07) is 6.19. The van der Waals surface area contributed by atoms with Crippen LogP contribution in [0.1, 0.15) is 34.6 Å². The van der Waals surface area contributed by atoms with Gasteiger partial charge in [0.25, 0.3) is 0 Å². The highest BCUT2D eigenvalue weighted by Crippen LogP contribution is 2.28. The smallest absolute Gasteiger partial charge is 0.181 e. The second-order valence-corrected chi connectivity index (χ2v) is 4.85. The number of fused-ring (bicyclic) bond motifs is 1. The lowest BCUT2D eigenvalue weighted by atomic mass is 10.1. The van der Waals surface area contributed by atoms with E-state index in [1.165, 1.54) is 12.1 Å². The number of rotatable bonds is 1. The van der Waals surface area contributed by atoms with E-state index in [0.29, 0.717) is 35.7 Å². The number of nitriles is 1. The number of carbonyl (C=O) groups is 1. The lowest BCUT2D eigenvalue weighted by Gasteiger charge is -2.16. The Kier molecular flexibility index (Phi) is 2.87. The molecule has 0 spiro atoms. The van der Waals surface area contributed by atoms with E-state index in [1.807, 2.05) is 4.57 Å². The molecule has 0 unspecified atom stereocenters. The molecule has 0 aliphatic carbocycles. The molecule has 100 valence electrons. The molecule has 1 aromatic carbocycles. The van der Waals surface area contributed by atoms with Crippen LogP contribution in [0.15, 0.2) is 18.2 Å². The number of aromatic nitrogens is 2. The van der Waals surface area contributed by atoms with Crippen molar-refractivity contribution < 1.29 is 9.18 Å². The fourth-order valence-electron chi connectivity index (χ4n) is 2.62. The summed E-state index contributed by atoms with van der Waals surface area (Å²) in [5.74, 6) is 0.109. The molecule has 0 saturated carbocycles. The molecule has 20 heavy (non-hydrogen) atoms. The van der Waals surface area contributed by atoms with Gasteiger partial charge in [-0.15, -0.1) is 0 Å². The maximum atomic E-state index is 13.7. The van der Waals surface area contributed by atoms with Crippen molar-refractivity contribution in [2.45, 2.75) is 26.3 Å². The minimum Gasteiger partial charge on any atom is -0.321 e. The van der Waals surface area contributed by atoms with Gasteiger partial charge in [0, 0.05) is 18.5 Å². The lowest BCUT2D eigenvalue weighted by Crippen LogP contribution is -2.17. The van der Waals surface area contributed by atoms with Crippen molar-refractivity contribution in [3.63, 3.8) is 0 Å². The Morgan fingerprint density at radius 3 is 2.95 bits per heavy atom. The van der Waals surface area contributed by atoms with E-state index in [2.05, 4.69) is 4.98 Å². The molecule has 2 aromatic rings. The van der Waals surface area contributed by atoms with Gasteiger partial charge in [-0.25, -0.2) is 9.37 Å². The predicted octanol–water partition coefficient (Wildman–Crippen LogP) is 2.85. The van der Waals surface area contributed by atoms with Crippen molar-refractivity contribution in [1.82, 2.24) is 9.55 Å². The monoisotopic (exact) mass is 269 g/mol. The summed E-state index contributed by atoms with van der Waals surface area (Å²) < 4.78 is 15.6. The number of Topliss-reactive ketones (excluding diaryl/α,β-unsaturated/α-hetero) is 1. The van der Waals surface area contributed by atoms with Gasteiger partial charge in [-0.05, 0) is 31.5 Å². The van der Waals surface area contributed by atoms with Crippen LogP contribution >= 0.6 is 0 Å². The Hall–Kier alpha value is -2.48. The van der Waals surface area contributed by atoms with E-state index in [-0.39, 0.29) is 11.3 Å². The number of benzene rings is 1. The molecule has 5 heteroatoms. The Labute approximate surface area is 115 Å². The SMILES string of the molecule is Cc1nc(-c2ccc(C#N)c(F)c2)n2c1C(=O)CCC2. The molecular formula is C15H12FN3O. The predicted molar refractivity (Wildman–Crippen MR) is 70.6 cm³/mol. The zero-order valence-corrected chi connectivity index (χ0v) is 11.0. The van der Waals surface area contributed by atoms with E-state index >= 15 is 0 Å². The summed E-state index contributed by atoms with van der Waals surface area (Å²) in [6.07, 6.45) is 1.31. The second kappa shape index (κ2) is 4.57. The molecule has 4 nitrogen and oxygen atoms in total. The van der Waals surface area contributed by atoms with Gasteiger partial charge in [-0.2, -0.15) is 5.26 Å². The van der Waals surface area contributed by atoms with Gasteiger partial charge >= 0.3 is 0 Å². The van der Waals surface area contributed by atoms with Crippen LogP contribution in [0.25, 0.3) is 11.4 Å². The summed E-state index contributed by atoms with van der Waals surface area (Å²) in [5.41, 5.74) is 1.89. The Morgan fingerprint density at radius 1 is 1.45 bits per heavy atom. The number of nitrogens with zero attached hydrogens (tertiary/aromatic N) is 3. The standard InChI is InChI=1S/C15H12FN3O/c1-9-14-13(20)3-2-6-19(14)15(18-9)10-4-5-11(8-17)12(16)7-10/h4-5,7H,2-3,6H2,1H3. The minimum absolute atomic E-state index is 0.00646. The summed E-state index contributed by atoms with van der Waals surface area (Å²) >= 11 is 0. The van der Waals surface area contributed by atoms with E-state index in [1.54, 1.807) is 19.1 Å². The summed E-state index contributed by atoms with van der Waals surface area (Å²) in [4.78, 5) is 16.3. The van der Waals surface area contributed by atoms with Crippen LogP contribution in [0.2, 0.25) is 0 Å². The number of ketones is 1. The first-order valence-corrected chi connectivity index (χ1v) is 6.42. The first-order valence-electron chi connectivity index (χ1n) is 6.42. The quantitative estimate of drug-likeness (QED) is 0.799. The first-order chi connectivity index (χ1) is 9.61. The molecule has 1 aliphatic heterocycles. The van der Waals surface area contributed by atoms with Crippen LogP contribution in [0.4, 0.5) is 4.39 Å². The van der Waals surface area contributed by atoms with Crippen LogP contribution in [-0.4, -0.2) is 15.3 Å². The van der Waals surface area contributed by atoms with Crippen molar-refractivity contribution in [2.24, 2.45) is 0 Å². The Bertz CT molecular complexity index is 755. The lowest BCUT2D eigenvalue weighted by molar-refractivity contribution is 0.0955. The summed E-state index contributed by atoms with van der Waals surface area (Å²) in [6.45, 7) is 2.50. The van der Waals surface area contributed by atoms with Gasteiger partial charge in [-0.1, -0.05) is 0 Å². The van der Waals surface area contributed by atoms with Crippen LogP contribution < -0.4 is 0 Å². The van der Waals surface area contributed by atoms with Crippen molar-refractivity contribution in [1.29, 1.82) is 5.26 Å². The van der Waals surface area contributed by atoms with E-state index in [9.17, 15) is 9.18 Å². The zero-order chi connectivity index (χ0) is 14.3. The molecule has 0 bridgehead atoms. The van der Waals surface area contributed by atoms with Crippen molar-refractivity contribution >= 4 is 5.78 Å². The van der Waals surface area contributed by atoms with Gasteiger partial charge < -0.3 is 4.57 Å². The third-order valence-corrected chi connectivity index (χ3v) is 3.54. The first kappa shape index (κ1) is 12.5. The fraction of sp³-hybridized carbons (Fsp3) is 0.267. The van der Waals surface area contributed by atoms with E-state index in [0.717, 1.165) is 6.42 Å². The molecule has 0 radical (unpaired) electrons. The maximum absolute atomic E-state index is 13.7. The van der Waals surface area contributed by atoms with Gasteiger partial charge in [0.2, 0.25) is 0 Å². The topological polar surface area (TPSA) is 58.7 Å². The average molecular weight is 269 g/mol. The Morgan fingerprint density at radius 2 is 2.25 bits per heavy atom. The molecule has 1 aromatic heterocycles. The fourth-order valence-corrected chi connectivity index (χ4v) is 2.62. The van der Waals surface area contributed by atoms with Crippen molar-refractivity contribution in [3.05, 3.63) is 41.0 Å². The third-order valence-electron chi connectivity index (χ3n) is 3.54. The molecular weight excluding hydrogens is 257 g/mol. The molecule has 0 saturated heterocycles. The van der Waals surface area contributed by atoms with Gasteiger partial charge in [-0.3, -0.25) is 4.79 Å². The van der Waals surface area contributed by atoms with Crippen LogP contribution in [-0.2, 0) is 6.54 Å². The second-order valence-electron chi connectivity index (χ2n) is 4.85. The molecule has 3 rings (SSSR count). The number of halogens is 1. The number of hydrogen-bond donors (Lipinski definition) is 0. The van der Waals surface area contributed by atoms with E-state index < -0.39 is 5.82 Å². The molecule has 0 N–H and O–H groups in total. The Balaban J connectivity index is 2.17. The van der Waals surface area contributed by atoms with Crippen LogP contribution in [0, 0.1) is 24.1 Å². The minimum atomic E-state index is -0.567. The molecule has 0 atom stereocenters. The number of hydrogen-bond acceptors (Lipinski definition) is 3. The molecule has 0 fully saturated rings. The number of aryl methyl sites for hydroxylation is 1. The summed E-state index contributed by atoms with van der Waals surface area (Å²) in [5, 5.41) is 8.76. The highest BCUT2D eigenvalue weighted by Gasteiger charge is 2.24. The average Bonchev–Trinajstić information content (AvgIpc) is 2.77. The zero-order valence-electron chi connectivity index (χ0n) is 11.0. The van der Waals surface area contributed by atoms with Crippen molar-refractivity contribution in [3.8, 4) is 17.5 Å². The molecule has 2 heterocycles. The summed E-state index contributed by atoms with van der Waals surface area (Å²) in [7, 11) is 0.